The highest BCUT2D eigenvalue weighted by atomic mass is 16.5. The average molecular weight is 230 g/mol. The van der Waals surface area contributed by atoms with Crippen LogP contribution in [0.25, 0.3) is 11.1 Å². The molecule has 0 unspecified atom stereocenters. The minimum atomic E-state index is -0.389. The molecule has 86 valence electrons. The molecule has 1 aromatic carbocycles. The van der Waals surface area contributed by atoms with Gasteiger partial charge in [-0.3, -0.25) is 4.79 Å². The van der Waals surface area contributed by atoms with E-state index in [1.165, 1.54) is 13.4 Å². The van der Waals surface area contributed by atoms with Crippen LogP contribution in [0, 0.1) is 0 Å². The van der Waals surface area contributed by atoms with Gasteiger partial charge in [-0.05, 0) is 23.8 Å². The number of hydrogen-bond donors (Lipinski definition) is 0. The third kappa shape index (κ3) is 2.10. The molecule has 1 heterocycles. The summed E-state index contributed by atoms with van der Waals surface area (Å²) >= 11 is 0. The van der Waals surface area contributed by atoms with Crippen molar-refractivity contribution in [3.63, 3.8) is 0 Å². The van der Waals surface area contributed by atoms with Crippen molar-refractivity contribution in [2.24, 2.45) is 0 Å². The maximum absolute atomic E-state index is 11.2. The highest BCUT2D eigenvalue weighted by Gasteiger charge is 2.09. The second kappa shape index (κ2) is 4.65. The van der Waals surface area contributed by atoms with E-state index in [4.69, 9.17) is 4.42 Å². The molecule has 0 amide bonds. The first-order chi connectivity index (χ1) is 8.26. The number of esters is 1. The van der Waals surface area contributed by atoms with Crippen LogP contribution in [0.1, 0.15) is 20.9 Å². The molecule has 0 atom stereocenters. The fourth-order valence-electron chi connectivity index (χ4n) is 1.55. The number of carbonyl (C=O) groups is 2. The second-order valence-electron chi connectivity index (χ2n) is 3.39. The Bertz CT molecular complexity index is 537. The zero-order valence-corrected chi connectivity index (χ0v) is 9.17. The zero-order valence-electron chi connectivity index (χ0n) is 9.17. The van der Waals surface area contributed by atoms with Crippen molar-refractivity contribution in [2.75, 3.05) is 7.11 Å². The van der Waals surface area contributed by atoms with Gasteiger partial charge in [-0.15, -0.1) is 0 Å². The predicted octanol–water partition coefficient (Wildman–Crippen LogP) is 2.55. The van der Waals surface area contributed by atoms with E-state index in [0.717, 1.165) is 5.56 Å². The van der Waals surface area contributed by atoms with Gasteiger partial charge in [-0.1, -0.05) is 12.1 Å². The molecule has 0 saturated heterocycles. The summed E-state index contributed by atoms with van der Waals surface area (Å²) in [7, 11) is 1.33. The predicted molar refractivity (Wildman–Crippen MR) is 60.9 cm³/mol. The fourth-order valence-corrected chi connectivity index (χ4v) is 1.55. The third-order valence-electron chi connectivity index (χ3n) is 2.42. The molecule has 0 saturated carbocycles. The molecule has 0 aliphatic heterocycles. The Morgan fingerprint density at radius 2 is 1.94 bits per heavy atom. The molecule has 4 nitrogen and oxygen atoms in total. The minimum absolute atomic E-state index is 0.274. The Hall–Kier alpha value is -2.36. The molecular formula is C13H10O4. The summed E-state index contributed by atoms with van der Waals surface area (Å²) in [6.45, 7) is 0. The van der Waals surface area contributed by atoms with Crippen LogP contribution >= 0.6 is 0 Å². The monoisotopic (exact) mass is 230 g/mol. The molecule has 0 N–H and O–H groups in total. The van der Waals surface area contributed by atoms with E-state index < -0.39 is 0 Å². The van der Waals surface area contributed by atoms with Gasteiger partial charge < -0.3 is 9.15 Å². The number of ether oxygens (including phenoxy) is 1. The number of aldehydes is 1. The van der Waals surface area contributed by atoms with Gasteiger partial charge in [-0.25, -0.2) is 4.79 Å². The summed E-state index contributed by atoms with van der Waals surface area (Å²) in [5, 5.41) is 0. The summed E-state index contributed by atoms with van der Waals surface area (Å²) < 4.78 is 9.61. The Balaban J connectivity index is 2.36. The van der Waals surface area contributed by atoms with E-state index in [1.54, 1.807) is 30.3 Å². The van der Waals surface area contributed by atoms with Crippen molar-refractivity contribution < 1.29 is 18.7 Å². The SMILES string of the molecule is COC(=O)c1ccc(-c2ccoc2C=O)cc1. The zero-order chi connectivity index (χ0) is 12.3. The first-order valence-corrected chi connectivity index (χ1v) is 4.97. The molecule has 0 fully saturated rings. The quantitative estimate of drug-likeness (QED) is 0.600. The van der Waals surface area contributed by atoms with Gasteiger partial charge in [0.2, 0.25) is 0 Å². The van der Waals surface area contributed by atoms with Crippen LogP contribution in [0.5, 0.6) is 0 Å². The van der Waals surface area contributed by atoms with Crippen molar-refractivity contribution in [2.45, 2.75) is 0 Å². The lowest BCUT2D eigenvalue weighted by Gasteiger charge is -2.01. The summed E-state index contributed by atoms with van der Waals surface area (Å²) in [5.74, 6) is -0.116. The molecule has 2 rings (SSSR count). The van der Waals surface area contributed by atoms with Gasteiger partial charge in [0.25, 0.3) is 0 Å². The topological polar surface area (TPSA) is 56.5 Å². The lowest BCUT2D eigenvalue weighted by Crippen LogP contribution is -2.00. The molecule has 4 heteroatoms. The highest BCUT2D eigenvalue weighted by Crippen LogP contribution is 2.24. The number of furan rings is 1. The number of benzene rings is 1. The first kappa shape index (κ1) is 11.1. The van der Waals surface area contributed by atoms with Crippen LogP contribution in [0.4, 0.5) is 0 Å². The van der Waals surface area contributed by atoms with Crippen LogP contribution < -0.4 is 0 Å². The van der Waals surface area contributed by atoms with Crippen molar-refractivity contribution in [1.29, 1.82) is 0 Å². The number of methoxy groups -OCH3 is 1. The average Bonchev–Trinajstić information content (AvgIpc) is 2.86. The first-order valence-electron chi connectivity index (χ1n) is 4.97. The summed E-state index contributed by atoms with van der Waals surface area (Å²) in [6, 6.07) is 8.47. The van der Waals surface area contributed by atoms with Gasteiger partial charge in [0, 0.05) is 5.56 Å². The number of carbonyl (C=O) groups excluding carboxylic acids is 2. The Morgan fingerprint density at radius 1 is 1.24 bits per heavy atom. The van der Waals surface area contributed by atoms with E-state index in [2.05, 4.69) is 4.74 Å². The van der Waals surface area contributed by atoms with Crippen LogP contribution in [0.2, 0.25) is 0 Å². The maximum Gasteiger partial charge on any atom is 0.337 e. The maximum atomic E-state index is 11.2. The Morgan fingerprint density at radius 3 is 2.53 bits per heavy atom. The largest absolute Gasteiger partial charge is 0.465 e. The Labute approximate surface area is 97.8 Å². The van der Waals surface area contributed by atoms with E-state index >= 15 is 0 Å². The molecule has 0 aliphatic rings. The van der Waals surface area contributed by atoms with Crippen LogP contribution in [0.15, 0.2) is 41.0 Å². The van der Waals surface area contributed by atoms with Crippen molar-refractivity contribution in [1.82, 2.24) is 0 Å². The van der Waals surface area contributed by atoms with E-state index in [-0.39, 0.29) is 11.7 Å². The van der Waals surface area contributed by atoms with Crippen LogP contribution in [0.3, 0.4) is 0 Å². The van der Waals surface area contributed by atoms with E-state index in [0.29, 0.717) is 17.4 Å². The van der Waals surface area contributed by atoms with Crippen LogP contribution in [-0.4, -0.2) is 19.4 Å². The van der Waals surface area contributed by atoms with Gasteiger partial charge in [0.05, 0.1) is 18.9 Å². The molecule has 0 spiro atoms. The normalized spacial score (nSPS) is 9.94. The molecule has 0 radical (unpaired) electrons. The van der Waals surface area contributed by atoms with Crippen molar-refractivity contribution in [3.05, 3.63) is 47.9 Å². The number of hydrogen-bond acceptors (Lipinski definition) is 4. The second-order valence-corrected chi connectivity index (χ2v) is 3.39. The minimum Gasteiger partial charge on any atom is -0.465 e. The molecule has 2 aromatic rings. The molecule has 0 bridgehead atoms. The number of rotatable bonds is 3. The summed E-state index contributed by atoms with van der Waals surface area (Å²) in [5.41, 5.74) is 1.98. The molecular weight excluding hydrogens is 220 g/mol. The summed E-state index contributed by atoms with van der Waals surface area (Å²) in [6.07, 6.45) is 2.11. The van der Waals surface area contributed by atoms with E-state index in [9.17, 15) is 9.59 Å². The van der Waals surface area contributed by atoms with E-state index in [1.807, 2.05) is 0 Å². The third-order valence-corrected chi connectivity index (χ3v) is 2.42. The van der Waals surface area contributed by atoms with Crippen molar-refractivity contribution >= 4 is 12.3 Å². The Kier molecular flexibility index (Phi) is 3.05. The summed E-state index contributed by atoms with van der Waals surface area (Å²) in [4.78, 5) is 22.0. The fraction of sp³-hybridized carbons (Fsp3) is 0.0769. The molecule has 0 aliphatic carbocycles. The van der Waals surface area contributed by atoms with Crippen molar-refractivity contribution in [3.8, 4) is 11.1 Å². The van der Waals surface area contributed by atoms with Gasteiger partial charge in [-0.2, -0.15) is 0 Å². The standard InChI is InChI=1S/C13H10O4/c1-16-13(15)10-4-2-9(3-5-10)11-6-7-17-12(11)8-14/h2-8H,1H3. The lowest BCUT2D eigenvalue weighted by atomic mass is 10.0. The smallest absolute Gasteiger partial charge is 0.337 e. The molecule has 17 heavy (non-hydrogen) atoms. The molecule has 1 aromatic heterocycles. The van der Waals surface area contributed by atoms with Gasteiger partial charge in [0.1, 0.15) is 0 Å². The lowest BCUT2D eigenvalue weighted by molar-refractivity contribution is 0.0600. The van der Waals surface area contributed by atoms with Gasteiger partial charge >= 0.3 is 5.97 Å². The highest BCUT2D eigenvalue weighted by molar-refractivity contribution is 5.90. The van der Waals surface area contributed by atoms with Crippen LogP contribution in [-0.2, 0) is 4.74 Å². The van der Waals surface area contributed by atoms with Gasteiger partial charge in [0.15, 0.2) is 12.0 Å².